The van der Waals surface area contributed by atoms with Crippen molar-refractivity contribution in [3.05, 3.63) is 76.4 Å². The molecule has 2 aliphatic rings. The molecule has 39 heavy (non-hydrogen) atoms. The maximum absolute atomic E-state index is 13.5. The molecule has 4 aromatic rings. The summed E-state index contributed by atoms with van der Waals surface area (Å²) < 4.78 is 42.1. The summed E-state index contributed by atoms with van der Waals surface area (Å²) in [5.74, 6) is -0.175. The van der Waals surface area contributed by atoms with Gasteiger partial charge in [0, 0.05) is 86.6 Å². The molecule has 2 aliphatic heterocycles. The minimum Gasteiger partial charge on any atom is -0.350 e. The number of amides is 2. The second-order valence-electron chi connectivity index (χ2n) is 10.00. The van der Waals surface area contributed by atoms with E-state index in [-0.39, 0.29) is 17.9 Å². The Morgan fingerprint density at radius 1 is 0.974 bits per heavy atom. The summed E-state index contributed by atoms with van der Waals surface area (Å²) in [7, 11) is 1.84. The lowest BCUT2D eigenvalue weighted by Gasteiger charge is -2.48. The summed E-state index contributed by atoms with van der Waals surface area (Å²) in [6.07, 6.45) is -0.982. The topological polar surface area (TPSA) is 61.7 Å². The van der Waals surface area contributed by atoms with E-state index in [1.807, 2.05) is 34.8 Å². The average molecular weight is 554 g/mol. The van der Waals surface area contributed by atoms with Crippen molar-refractivity contribution < 1.29 is 22.8 Å². The molecule has 202 valence electrons. The lowest BCUT2D eigenvalue weighted by Crippen LogP contribution is -2.64. The molecule has 2 aromatic heterocycles. The van der Waals surface area contributed by atoms with Crippen molar-refractivity contribution in [3.63, 3.8) is 0 Å². The predicted molar refractivity (Wildman–Crippen MR) is 143 cm³/mol. The lowest BCUT2D eigenvalue weighted by atomic mass is 9.96. The SMILES string of the molecule is Cn1ccc2cc(C(=O)N3CC(N4CCN(C(=O)c5nccs5)CC4)C3)cc(-c3cccc(C(F)(F)F)c3)c21. The van der Waals surface area contributed by atoms with Crippen molar-refractivity contribution in [3.8, 4) is 11.1 Å². The number of nitrogens with zero attached hydrogens (tertiary/aromatic N) is 5. The monoisotopic (exact) mass is 553 g/mol. The highest BCUT2D eigenvalue weighted by atomic mass is 32.1. The molecule has 0 unspecified atom stereocenters. The Bertz CT molecular complexity index is 1530. The number of benzene rings is 2. The fourth-order valence-electron chi connectivity index (χ4n) is 5.44. The second-order valence-corrected chi connectivity index (χ2v) is 10.9. The van der Waals surface area contributed by atoms with Crippen LogP contribution in [0.2, 0.25) is 0 Å². The van der Waals surface area contributed by atoms with Crippen LogP contribution in [0, 0.1) is 0 Å². The molecule has 0 spiro atoms. The number of piperazine rings is 1. The number of rotatable bonds is 4. The molecular formula is C28H26F3N5O2S. The number of hydrogen-bond acceptors (Lipinski definition) is 5. The first-order valence-electron chi connectivity index (χ1n) is 12.7. The maximum Gasteiger partial charge on any atom is 0.416 e. The average Bonchev–Trinajstić information content (AvgIpc) is 3.57. The number of aryl methyl sites for hydroxylation is 1. The molecule has 0 saturated carbocycles. The van der Waals surface area contributed by atoms with Crippen LogP contribution in [0.1, 0.15) is 25.7 Å². The van der Waals surface area contributed by atoms with Crippen molar-refractivity contribution in [1.82, 2.24) is 24.3 Å². The van der Waals surface area contributed by atoms with Gasteiger partial charge in [-0.3, -0.25) is 14.5 Å². The van der Waals surface area contributed by atoms with Crippen molar-refractivity contribution in [2.45, 2.75) is 12.2 Å². The Balaban J connectivity index is 1.16. The van der Waals surface area contributed by atoms with Gasteiger partial charge in [0.15, 0.2) is 5.01 Å². The van der Waals surface area contributed by atoms with Crippen LogP contribution in [-0.4, -0.2) is 81.4 Å². The third kappa shape index (κ3) is 4.80. The van der Waals surface area contributed by atoms with E-state index in [1.54, 1.807) is 28.6 Å². The minimum absolute atomic E-state index is 0.0389. The van der Waals surface area contributed by atoms with E-state index >= 15 is 0 Å². The number of halogens is 3. The number of fused-ring (bicyclic) bond motifs is 1. The van der Waals surface area contributed by atoms with Gasteiger partial charge in [-0.1, -0.05) is 12.1 Å². The Labute approximate surface area is 227 Å². The number of hydrogen-bond donors (Lipinski definition) is 0. The molecule has 0 aliphatic carbocycles. The lowest BCUT2D eigenvalue weighted by molar-refractivity contribution is -0.137. The molecule has 4 heterocycles. The number of thiazole rings is 1. The van der Waals surface area contributed by atoms with Gasteiger partial charge in [0.1, 0.15) is 0 Å². The quantitative estimate of drug-likeness (QED) is 0.371. The molecule has 0 atom stereocenters. The van der Waals surface area contributed by atoms with Crippen molar-refractivity contribution in [2.75, 3.05) is 39.3 Å². The third-order valence-corrected chi connectivity index (χ3v) is 8.36. The summed E-state index contributed by atoms with van der Waals surface area (Å²) in [4.78, 5) is 36.0. The van der Waals surface area contributed by atoms with E-state index < -0.39 is 11.7 Å². The minimum atomic E-state index is -4.46. The summed E-state index contributed by atoms with van der Waals surface area (Å²) in [5.41, 5.74) is 1.51. The maximum atomic E-state index is 13.5. The number of carbonyl (C=O) groups excluding carboxylic acids is 2. The van der Waals surface area contributed by atoms with Crippen LogP contribution in [0.5, 0.6) is 0 Å². The Kier molecular flexibility index (Phi) is 6.43. The van der Waals surface area contributed by atoms with Gasteiger partial charge in [-0.15, -0.1) is 11.3 Å². The second kappa shape index (κ2) is 9.80. The highest BCUT2D eigenvalue weighted by Crippen LogP contribution is 2.36. The van der Waals surface area contributed by atoms with Gasteiger partial charge in [-0.25, -0.2) is 4.98 Å². The van der Waals surface area contributed by atoms with Gasteiger partial charge in [0.05, 0.1) is 11.1 Å². The Hall–Kier alpha value is -3.70. The molecular weight excluding hydrogens is 527 g/mol. The van der Waals surface area contributed by atoms with Gasteiger partial charge in [0.2, 0.25) is 0 Å². The fourth-order valence-corrected chi connectivity index (χ4v) is 6.04. The highest BCUT2D eigenvalue weighted by molar-refractivity contribution is 7.11. The van der Waals surface area contributed by atoms with Gasteiger partial charge in [0.25, 0.3) is 11.8 Å². The first-order valence-corrected chi connectivity index (χ1v) is 13.6. The summed E-state index contributed by atoms with van der Waals surface area (Å²) in [5, 5.41) is 3.10. The van der Waals surface area contributed by atoms with E-state index in [0.29, 0.717) is 47.9 Å². The van der Waals surface area contributed by atoms with E-state index in [9.17, 15) is 22.8 Å². The summed E-state index contributed by atoms with van der Waals surface area (Å²) in [6.45, 7) is 3.86. The van der Waals surface area contributed by atoms with Crippen LogP contribution < -0.4 is 0 Å². The van der Waals surface area contributed by atoms with Crippen molar-refractivity contribution >= 4 is 34.1 Å². The molecule has 11 heteroatoms. The van der Waals surface area contributed by atoms with E-state index in [2.05, 4.69) is 9.88 Å². The molecule has 2 saturated heterocycles. The first-order chi connectivity index (χ1) is 18.7. The predicted octanol–water partition coefficient (Wildman–Crippen LogP) is 4.60. The zero-order valence-corrected chi connectivity index (χ0v) is 22.0. The van der Waals surface area contributed by atoms with Crippen LogP contribution in [0.3, 0.4) is 0 Å². The summed E-state index contributed by atoms with van der Waals surface area (Å²) in [6, 6.07) is 10.8. The third-order valence-electron chi connectivity index (χ3n) is 7.60. The molecule has 0 N–H and O–H groups in total. The molecule has 7 nitrogen and oxygen atoms in total. The van der Waals surface area contributed by atoms with E-state index in [4.69, 9.17) is 0 Å². The standard InChI is InChI=1S/C28H26F3N5O2S/c1-33-7-5-19-13-20(15-23(24(19)33)18-3-2-4-21(14-18)28(29,30)31)26(37)36-16-22(17-36)34-8-10-35(11-9-34)27(38)25-32-6-12-39-25/h2-7,12-15,22H,8-11,16-17H2,1H3. The summed E-state index contributed by atoms with van der Waals surface area (Å²) >= 11 is 1.34. The molecule has 0 radical (unpaired) electrons. The van der Waals surface area contributed by atoms with Gasteiger partial charge in [-0.05, 0) is 35.9 Å². The smallest absolute Gasteiger partial charge is 0.350 e. The molecule has 6 rings (SSSR count). The molecule has 0 bridgehead atoms. The van der Waals surface area contributed by atoms with Crippen LogP contribution in [0.15, 0.2) is 60.2 Å². The van der Waals surface area contributed by atoms with Crippen LogP contribution in [0.4, 0.5) is 13.2 Å². The normalized spacial score (nSPS) is 17.0. The zero-order valence-electron chi connectivity index (χ0n) is 21.2. The number of aromatic nitrogens is 2. The van der Waals surface area contributed by atoms with Crippen molar-refractivity contribution in [2.24, 2.45) is 7.05 Å². The number of carbonyl (C=O) groups is 2. The Morgan fingerprint density at radius 3 is 2.44 bits per heavy atom. The van der Waals surface area contributed by atoms with E-state index in [0.717, 1.165) is 36.1 Å². The van der Waals surface area contributed by atoms with Crippen LogP contribution >= 0.6 is 11.3 Å². The number of alkyl halides is 3. The van der Waals surface area contributed by atoms with Gasteiger partial charge < -0.3 is 14.4 Å². The number of likely N-dealkylation sites (tertiary alicyclic amines) is 1. The highest BCUT2D eigenvalue weighted by Gasteiger charge is 2.37. The zero-order chi connectivity index (χ0) is 27.3. The molecule has 2 fully saturated rings. The largest absolute Gasteiger partial charge is 0.416 e. The van der Waals surface area contributed by atoms with Gasteiger partial charge >= 0.3 is 6.18 Å². The van der Waals surface area contributed by atoms with Crippen molar-refractivity contribution in [1.29, 1.82) is 0 Å². The van der Waals surface area contributed by atoms with E-state index in [1.165, 1.54) is 17.4 Å². The molecule has 2 amide bonds. The fraction of sp³-hybridized carbons (Fsp3) is 0.321. The molecule has 2 aromatic carbocycles. The van der Waals surface area contributed by atoms with Crippen LogP contribution in [0.25, 0.3) is 22.0 Å². The van der Waals surface area contributed by atoms with Crippen LogP contribution in [-0.2, 0) is 13.2 Å². The van der Waals surface area contributed by atoms with Gasteiger partial charge in [-0.2, -0.15) is 13.2 Å². The first kappa shape index (κ1) is 25.6. The Morgan fingerprint density at radius 2 is 1.74 bits per heavy atom.